The van der Waals surface area contributed by atoms with Gasteiger partial charge in [-0.05, 0) is 19.1 Å². The molecule has 96 valence electrons. The number of carbonyl (C=O) groups excluding carboxylic acids is 1. The largest absolute Gasteiger partial charge is 0.484 e. The number of nitrogens with one attached hydrogen (secondary N) is 1. The minimum atomic E-state index is -0.891. The highest BCUT2D eigenvalue weighted by Gasteiger charge is 2.09. The summed E-state index contributed by atoms with van der Waals surface area (Å²) in [5, 5.41) is 11.7. The van der Waals surface area contributed by atoms with Gasteiger partial charge in [0.25, 0.3) is 5.91 Å². The van der Waals surface area contributed by atoms with Crippen molar-refractivity contribution in [3.63, 3.8) is 0 Å². The van der Waals surface area contributed by atoms with E-state index in [9.17, 15) is 14.3 Å². The van der Waals surface area contributed by atoms with Crippen molar-refractivity contribution in [3.8, 4) is 18.1 Å². The summed E-state index contributed by atoms with van der Waals surface area (Å²) >= 11 is 0. The summed E-state index contributed by atoms with van der Waals surface area (Å²) in [4.78, 5) is 11.2. The molecule has 0 aromatic heterocycles. The van der Waals surface area contributed by atoms with Gasteiger partial charge in [-0.25, -0.2) is 4.39 Å². The Morgan fingerprint density at radius 1 is 1.67 bits per heavy atom. The predicted molar refractivity (Wildman–Crippen MR) is 64.4 cm³/mol. The predicted octanol–water partition coefficient (Wildman–Crippen LogP) is 1.01. The molecule has 0 spiro atoms. The van der Waals surface area contributed by atoms with Crippen LogP contribution in [-0.2, 0) is 4.79 Å². The normalized spacial score (nSPS) is 11.4. The first-order valence-electron chi connectivity index (χ1n) is 5.35. The van der Waals surface area contributed by atoms with Crippen LogP contribution in [0, 0.1) is 18.2 Å². The Kier molecular flexibility index (Phi) is 5.15. The molecule has 1 atom stereocenters. The van der Waals surface area contributed by atoms with Gasteiger partial charge in [-0.1, -0.05) is 5.92 Å². The molecule has 0 unspecified atom stereocenters. The molecule has 0 bridgehead atoms. The number of aliphatic hydroxyl groups excluding tert-OH is 1. The molecule has 0 aliphatic rings. The summed E-state index contributed by atoms with van der Waals surface area (Å²) < 4.78 is 18.5. The first-order chi connectivity index (χ1) is 8.54. The summed E-state index contributed by atoms with van der Waals surface area (Å²) in [7, 11) is 0. The Morgan fingerprint density at radius 3 is 2.94 bits per heavy atom. The molecular formula is C13H14FNO3. The lowest BCUT2D eigenvalue weighted by molar-refractivity contribution is -0.122. The SMILES string of the molecule is C#CCNC(=O)COc1ccc([C@H](C)O)c(F)c1. The highest BCUT2D eigenvalue weighted by molar-refractivity contribution is 5.77. The zero-order valence-corrected chi connectivity index (χ0v) is 9.94. The van der Waals surface area contributed by atoms with Crippen molar-refractivity contribution in [3.05, 3.63) is 29.6 Å². The van der Waals surface area contributed by atoms with Crippen molar-refractivity contribution in [1.29, 1.82) is 0 Å². The molecule has 0 saturated heterocycles. The van der Waals surface area contributed by atoms with E-state index in [1.54, 1.807) is 0 Å². The molecular weight excluding hydrogens is 237 g/mol. The second-order valence-electron chi connectivity index (χ2n) is 3.63. The van der Waals surface area contributed by atoms with E-state index in [4.69, 9.17) is 11.2 Å². The van der Waals surface area contributed by atoms with Crippen LogP contribution in [0.3, 0.4) is 0 Å². The number of hydrogen-bond donors (Lipinski definition) is 2. The lowest BCUT2D eigenvalue weighted by atomic mass is 10.1. The molecule has 1 amide bonds. The van der Waals surface area contributed by atoms with Crippen molar-refractivity contribution >= 4 is 5.91 Å². The van der Waals surface area contributed by atoms with Crippen LogP contribution < -0.4 is 10.1 Å². The van der Waals surface area contributed by atoms with Crippen LogP contribution in [0.15, 0.2) is 18.2 Å². The van der Waals surface area contributed by atoms with Crippen molar-refractivity contribution in [2.75, 3.05) is 13.2 Å². The average molecular weight is 251 g/mol. The van der Waals surface area contributed by atoms with Crippen LogP contribution in [-0.4, -0.2) is 24.2 Å². The standard InChI is InChI=1S/C13H14FNO3/c1-3-6-15-13(17)8-18-10-4-5-11(9(2)16)12(14)7-10/h1,4-5,7,9,16H,6,8H2,2H3,(H,15,17)/t9-/m0/s1. The van der Waals surface area contributed by atoms with E-state index in [1.165, 1.54) is 19.1 Å². The number of aliphatic hydroxyl groups is 1. The average Bonchev–Trinajstić information content (AvgIpc) is 2.33. The first kappa shape index (κ1) is 14.0. The third-order valence-electron chi connectivity index (χ3n) is 2.18. The topological polar surface area (TPSA) is 58.6 Å². The molecule has 0 aliphatic carbocycles. The maximum atomic E-state index is 13.5. The molecule has 18 heavy (non-hydrogen) atoms. The third-order valence-corrected chi connectivity index (χ3v) is 2.18. The molecule has 1 rings (SSSR count). The van der Waals surface area contributed by atoms with E-state index in [0.29, 0.717) is 0 Å². The number of hydrogen-bond acceptors (Lipinski definition) is 3. The van der Waals surface area contributed by atoms with E-state index in [0.717, 1.165) is 6.07 Å². The van der Waals surface area contributed by atoms with Gasteiger partial charge in [-0.2, -0.15) is 0 Å². The Morgan fingerprint density at radius 2 is 2.39 bits per heavy atom. The fraction of sp³-hybridized carbons (Fsp3) is 0.308. The van der Waals surface area contributed by atoms with Crippen LogP contribution in [0.5, 0.6) is 5.75 Å². The minimum absolute atomic E-state index is 0.123. The summed E-state index contributed by atoms with van der Waals surface area (Å²) in [5.74, 6) is 1.51. The second-order valence-corrected chi connectivity index (χ2v) is 3.63. The zero-order valence-electron chi connectivity index (χ0n) is 9.94. The van der Waals surface area contributed by atoms with Gasteiger partial charge in [0.05, 0.1) is 12.6 Å². The van der Waals surface area contributed by atoms with E-state index in [-0.39, 0.29) is 30.4 Å². The van der Waals surface area contributed by atoms with Crippen molar-refractivity contribution < 1.29 is 19.0 Å². The maximum absolute atomic E-state index is 13.5. The molecule has 1 aromatic carbocycles. The van der Waals surface area contributed by atoms with Crippen molar-refractivity contribution in [1.82, 2.24) is 5.32 Å². The highest BCUT2D eigenvalue weighted by atomic mass is 19.1. The molecule has 1 aromatic rings. The van der Waals surface area contributed by atoms with Crippen LogP contribution in [0.25, 0.3) is 0 Å². The van der Waals surface area contributed by atoms with E-state index < -0.39 is 11.9 Å². The van der Waals surface area contributed by atoms with Gasteiger partial charge in [-0.3, -0.25) is 4.79 Å². The molecule has 4 nitrogen and oxygen atoms in total. The molecule has 0 aliphatic heterocycles. The Labute approximate surface area is 105 Å². The van der Waals surface area contributed by atoms with E-state index in [1.807, 2.05) is 0 Å². The number of benzene rings is 1. The number of carbonyl (C=O) groups is 1. The van der Waals surface area contributed by atoms with E-state index in [2.05, 4.69) is 11.2 Å². The Hall–Kier alpha value is -2.06. The number of ether oxygens (including phenoxy) is 1. The molecule has 0 heterocycles. The molecule has 2 N–H and O–H groups in total. The fourth-order valence-electron chi connectivity index (χ4n) is 1.29. The van der Waals surface area contributed by atoms with Crippen LogP contribution >= 0.6 is 0 Å². The van der Waals surface area contributed by atoms with Gasteiger partial charge >= 0.3 is 0 Å². The van der Waals surface area contributed by atoms with Crippen molar-refractivity contribution in [2.45, 2.75) is 13.0 Å². The number of rotatable bonds is 5. The van der Waals surface area contributed by atoms with Gasteiger partial charge < -0.3 is 15.2 Å². The molecule has 0 radical (unpaired) electrons. The van der Waals surface area contributed by atoms with Gasteiger partial charge in [0.1, 0.15) is 11.6 Å². The second kappa shape index (κ2) is 6.62. The molecule has 5 heteroatoms. The quantitative estimate of drug-likeness (QED) is 0.768. The van der Waals surface area contributed by atoms with E-state index >= 15 is 0 Å². The fourth-order valence-corrected chi connectivity index (χ4v) is 1.29. The third kappa shape index (κ3) is 4.07. The Bertz CT molecular complexity index is 466. The zero-order chi connectivity index (χ0) is 13.5. The lowest BCUT2D eigenvalue weighted by Crippen LogP contribution is -2.29. The number of terminal acetylenes is 1. The van der Waals surface area contributed by atoms with Crippen LogP contribution in [0.1, 0.15) is 18.6 Å². The van der Waals surface area contributed by atoms with Gasteiger partial charge in [0.15, 0.2) is 6.61 Å². The first-order valence-corrected chi connectivity index (χ1v) is 5.35. The monoisotopic (exact) mass is 251 g/mol. The maximum Gasteiger partial charge on any atom is 0.258 e. The highest BCUT2D eigenvalue weighted by Crippen LogP contribution is 2.21. The summed E-state index contributed by atoms with van der Waals surface area (Å²) in [6.07, 6.45) is 4.08. The summed E-state index contributed by atoms with van der Waals surface area (Å²) in [5.41, 5.74) is 0.180. The van der Waals surface area contributed by atoms with Crippen LogP contribution in [0.2, 0.25) is 0 Å². The van der Waals surface area contributed by atoms with Crippen LogP contribution in [0.4, 0.5) is 4.39 Å². The van der Waals surface area contributed by atoms with Gasteiger partial charge in [-0.15, -0.1) is 6.42 Å². The summed E-state index contributed by atoms with van der Waals surface area (Å²) in [6.45, 7) is 1.35. The minimum Gasteiger partial charge on any atom is -0.484 e. The van der Waals surface area contributed by atoms with Crippen molar-refractivity contribution in [2.24, 2.45) is 0 Å². The molecule has 0 saturated carbocycles. The summed E-state index contributed by atoms with van der Waals surface area (Å²) in [6, 6.07) is 4.02. The smallest absolute Gasteiger partial charge is 0.258 e. The number of halogens is 1. The van der Waals surface area contributed by atoms with Gasteiger partial charge in [0.2, 0.25) is 0 Å². The van der Waals surface area contributed by atoms with Gasteiger partial charge in [0, 0.05) is 11.6 Å². The Balaban J connectivity index is 2.56. The molecule has 0 fully saturated rings. The lowest BCUT2D eigenvalue weighted by Gasteiger charge is -2.09. The number of amides is 1.